The zero-order valence-corrected chi connectivity index (χ0v) is 33.3. The van der Waals surface area contributed by atoms with Crippen LogP contribution in [0.2, 0.25) is 0 Å². The molecule has 1 aromatic carbocycles. The second-order valence-electron chi connectivity index (χ2n) is 16.4. The molecule has 18 heteroatoms. The predicted octanol–water partition coefficient (Wildman–Crippen LogP) is 3.20. The molecule has 2 aliphatic carbocycles. The number of benzene rings is 1. The number of fused-ring (bicyclic) bond motifs is 3. The average Bonchev–Trinajstić information content (AvgIpc) is 4.04. The number of amides is 4. The number of H-pyrrole nitrogens is 1. The molecule has 1 saturated heterocycles. The summed E-state index contributed by atoms with van der Waals surface area (Å²) in [6.07, 6.45) is 5.19. The van der Waals surface area contributed by atoms with Crippen molar-refractivity contribution < 1.29 is 46.2 Å². The number of carbonyl (C=O) groups excluding carboxylic acids is 4. The van der Waals surface area contributed by atoms with E-state index in [9.17, 15) is 36.8 Å². The molecular weight excluding hydrogens is 752 g/mol. The van der Waals surface area contributed by atoms with E-state index in [2.05, 4.69) is 25.3 Å². The van der Waals surface area contributed by atoms with Crippen molar-refractivity contribution in [3.8, 4) is 11.6 Å². The molecule has 0 spiro atoms. The molecule has 2 aliphatic heterocycles. The summed E-state index contributed by atoms with van der Waals surface area (Å²) in [5.74, 6) is -4.21. The fraction of sp³-hybridized carbons (Fsp3) is 0.632. The lowest BCUT2D eigenvalue weighted by Gasteiger charge is -2.34. The lowest BCUT2D eigenvalue weighted by Crippen LogP contribution is -2.59. The Hall–Kier alpha value is -4.74. The zero-order valence-electron chi connectivity index (χ0n) is 32.5. The zero-order chi connectivity index (χ0) is 40.7. The highest BCUT2D eigenvalue weighted by molar-refractivity contribution is 7.91. The number of halogens is 1. The van der Waals surface area contributed by atoms with Crippen molar-refractivity contribution in [2.75, 3.05) is 13.7 Å². The largest absolute Gasteiger partial charge is 0.494 e. The maximum absolute atomic E-state index is 14.8. The molecule has 16 nitrogen and oxygen atoms in total. The van der Waals surface area contributed by atoms with E-state index in [4.69, 9.17) is 14.2 Å². The molecule has 3 fully saturated rings. The summed E-state index contributed by atoms with van der Waals surface area (Å²) in [7, 11) is -2.67. The number of hydrogen-bond donors (Lipinski definition) is 4. The number of ether oxygens (including phenoxy) is 3. The maximum Gasteiger partial charge on any atom is 0.408 e. The predicted molar refractivity (Wildman–Crippen MR) is 202 cm³/mol. The minimum atomic E-state index is -3.95. The minimum absolute atomic E-state index is 0.0884. The summed E-state index contributed by atoms with van der Waals surface area (Å²) in [4.78, 5) is 77.5. The van der Waals surface area contributed by atoms with Gasteiger partial charge >= 0.3 is 11.7 Å². The molecular formula is C38H51FN6O10S. The Morgan fingerprint density at radius 3 is 2.52 bits per heavy atom. The number of allylic oxidation sites excluding steroid dienone is 1. The molecule has 1 aromatic heterocycles. The van der Waals surface area contributed by atoms with E-state index in [0.717, 1.165) is 12.5 Å². The van der Waals surface area contributed by atoms with Crippen molar-refractivity contribution in [2.45, 2.75) is 121 Å². The first-order valence-electron chi connectivity index (χ1n) is 19.1. The van der Waals surface area contributed by atoms with E-state index in [1.165, 1.54) is 18.1 Å². The van der Waals surface area contributed by atoms with Crippen LogP contribution in [0.4, 0.5) is 9.18 Å². The van der Waals surface area contributed by atoms with Crippen LogP contribution in [-0.4, -0.2) is 95.3 Å². The van der Waals surface area contributed by atoms with Crippen LogP contribution >= 0.6 is 0 Å². The summed E-state index contributed by atoms with van der Waals surface area (Å²) < 4.78 is 59.0. The van der Waals surface area contributed by atoms with Gasteiger partial charge in [0.05, 0.1) is 29.9 Å². The van der Waals surface area contributed by atoms with Gasteiger partial charge in [-0.15, -0.1) is 0 Å². The molecule has 3 heterocycles. The molecule has 4 N–H and O–H groups in total. The Morgan fingerprint density at radius 2 is 1.86 bits per heavy atom. The fourth-order valence-corrected chi connectivity index (χ4v) is 8.98. The van der Waals surface area contributed by atoms with Crippen molar-refractivity contribution in [3.63, 3.8) is 0 Å². The monoisotopic (exact) mass is 802 g/mol. The van der Waals surface area contributed by atoms with Crippen molar-refractivity contribution in [3.05, 3.63) is 40.5 Å². The smallest absolute Gasteiger partial charge is 0.408 e. The van der Waals surface area contributed by atoms with Gasteiger partial charge in [-0.3, -0.25) is 23.9 Å². The van der Waals surface area contributed by atoms with Gasteiger partial charge in [-0.05, 0) is 71.1 Å². The van der Waals surface area contributed by atoms with Crippen LogP contribution in [0.1, 0.15) is 86.0 Å². The van der Waals surface area contributed by atoms with Crippen molar-refractivity contribution >= 4 is 44.9 Å². The standard InChI is InChI=1S/C38H51FN6O10S/c1-7-21-14-20(2)10-8-9-11-22-18-38(22,35(49)44-56(51,52)24-12-13-24)43-31(46)28-15-23(19-45(28)34(48)30(21)42-36(50)55-37(3,4)5)54-33-32(47)40-26-16-25(39)29(53-6)17-27(26)41-33/h9,11,16-17,20-24,28,30H,7-8,10,12-15,18-19H2,1-6H3,(H,40,47)(H,42,50)(H,43,46)(H,44,49). The highest BCUT2D eigenvalue weighted by Crippen LogP contribution is 2.46. The topological polar surface area (TPSA) is 215 Å². The van der Waals surface area contributed by atoms with E-state index >= 15 is 0 Å². The highest BCUT2D eigenvalue weighted by atomic mass is 32.2. The summed E-state index contributed by atoms with van der Waals surface area (Å²) in [6.45, 7) is 8.83. The Labute approximate surface area is 324 Å². The highest BCUT2D eigenvalue weighted by Gasteiger charge is 2.62. The summed E-state index contributed by atoms with van der Waals surface area (Å²) in [6, 6.07) is -0.0615. The molecule has 0 bridgehead atoms. The van der Waals surface area contributed by atoms with E-state index < -0.39 is 91.6 Å². The molecule has 306 valence electrons. The van der Waals surface area contributed by atoms with Crippen LogP contribution in [0.3, 0.4) is 0 Å². The van der Waals surface area contributed by atoms with Crippen molar-refractivity contribution in [1.82, 2.24) is 30.2 Å². The van der Waals surface area contributed by atoms with Gasteiger partial charge in [-0.25, -0.2) is 22.6 Å². The van der Waals surface area contributed by atoms with E-state index in [-0.39, 0.29) is 48.0 Å². The van der Waals surface area contributed by atoms with Gasteiger partial charge in [-0.2, -0.15) is 0 Å². The molecule has 2 saturated carbocycles. The summed E-state index contributed by atoms with van der Waals surface area (Å²) >= 11 is 0. The number of nitrogens with one attached hydrogen (secondary N) is 4. The van der Waals surface area contributed by atoms with Gasteiger partial charge < -0.3 is 34.7 Å². The number of rotatable bonds is 8. The molecule has 2 aromatic rings. The van der Waals surface area contributed by atoms with Crippen molar-refractivity contribution in [2.24, 2.45) is 17.8 Å². The van der Waals surface area contributed by atoms with E-state index in [1.807, 2.05) is 26.0 Å². The Balaban J connectivity index is 1.36. The normalized spacial score (nSPS) is 28.6. The fourth-order valence-electron chi connectivity index (χ4n) is 7.62. The van der Waals surface area contributed by atoms with Gasteiger partial charge in [0.25, 0.3) is 11.8 Å². The first kappa shape index (κ1) is 40.9. The maximum atomic E-state index is 14.8. The van der Waals surface area contributed by atoms with E-state index in [0.29, 0.717) is 32.1 Å². The van der Waals surface area contributed by atoms with Gasteiger partial charge in [0.1, 0.15) is 29.3 Å². The van der Waals surface area contributed by atoms with Crippen LogP contribution in [-0.2, 0) is 29.1 Å². The third-order valence-electron chi connectivity index (χ3n) is 10.9. The van der Waals surface area contributed by atoms with Crippen LogP contribution in [0, 0.1) is 23.6 Å². The van der Waals surface area contributed by atoms with Crippen molar-refractivity contribution in [1.29, 1.82) is 0 Å². The quantitative estimate of drug-likeness (QED) is 0.285. The summed E-state index contributed by atoms with van der Waals surface area (Å²) in [5, 5.41) is 4.91. The van der Waals surface area contributed by atoms with Gasteiger partial charge in [0, 0.05) is 24.5 Å². The Bertz CT molecular complexity index is 2080. The van der Waals surface area contributed by atoms with Gasteiger partial charge in [-0.1, -0.05) is 32.4 Å². The minimum Gasteiger partial charge on any atom is -0.494 e. The van der Waals surface area contributed by atoms with Crippen LogP contribution < -0.4 is 30.4 Å². The van der Waals surface area contributed by atoms with Crippen LogP contribution in [0.15, 0.2) is 29.1 Å². The molecule has 6 rings (SSSR count). The first-order valence-corrected chi connectivity index (χ1v) is 20.7. The average molecular weight is 803 g/mol. The van der Waals surface area contributed by atoms with E-state index in [1.54, 1.807) is 20.8 Å². The number of aromatic amines is 1. The molecule has 4 aliphatic rings. The van der Waals surface area contributed by atoms with Crippen LogP contribution in [0.5, 0.6) is 11.6 Å². The number of aromatic nitrogens is 2. The number of methoxy groups -OCH3 is 1. The van der Waals surface area contributed by atoms with Gasteiger partial charge in [0.15, 0.2) is 11.6 Å². The first-order chi connectivity index (χ1) is 26.3. The molecule has 56 heavy (non-hydrogen) atoms. The van der Waals surface area contributed by atoms with Gasteiger partial charge in [0.2, 0.25) is 21.8 Å². The third-order valence-corrected chi connectivity index (χ3v) is 12.7. The number of sulfonamides is 1. The SMILES string of the molecule is CCC1CC(C)CCC=CC2CC2(C(=O)NS(=O)(=O)C2CC2)NC(=O)C2CC(Oc3nc4cc(OC)c(F)cc4[nH]c3=O)CN2C(=O)C1NC(=O)OC(C)(C)C. The van der Waals surface area contributed by atoms with Crippen LogP contribution in [0.25, 0.3) is 11.0 Å². The number of nitrogens with zero attached hydrogens (tertiary/aromatic N) is 2. The summed E-state index contributed by atoms with van der Waals surface area (Å²) in [5.41, 5.74) is -3.01. The second-order valence-corrected chi connectivity index (χ2v) is 18.4. The molecule has 0 radical (unpaired) electrons. The number of alkyl carbamates (subject to hydrolysis) is 1. The molecule has 7 unspecified atom stereocenters. The Kier molecular flexibility index (Phi) is 11.4. The lowest BCUT2D eigenvalue weighted by molar-refractivity contribution is -0.142. The second kappa shape index (κ2) is 15.7. The molecule has 7 atom stereocenters. The number of carbonyl (C=O) groups is 4. The number of hydrogen-bond acceptors (Lipinski definition) is 11. The Morgan fingerprint density at radius 1 is 1.12 bits per heavy atom. The third kappa shape index (κ3) is 8.94. The lowest BCUT2D eigenvalue weighted by atomic mass is 9.85. The molecule has 4 amide bonds.